The number of ether oxygens (including phenoxy) is 1. The van der Waals surface area contributed by atoms with Crippen molar-refractivity contribution in [1.82, 2.24) is 15.5 Å². The van der Waals surface area contributed by atoms with E-state index in [1.54, 1.807) is 18.2 Å². The molecule has 2 aromatic carbocycles. The van der Waals surface area contributed by atoms with Crippen LogP contribution in [-0.4, -0.2) is 62.0 Å². The summed E-state index contributed by atoms with van der Waals surface area (Å²) in [5.74, 6) is 0.163. The van der Waals surface area contributed by atoms with Gasteiger partial charge in [-0.25, -0.2) is 0 Å². The first kappa shape index (κ1) is 26.4. The molecule has 196 valence electrons. The van der Waals surface area contributed by atoms with E-state index in [1.807, 2.05) is 42.5 Å². The zero-order chi connectivity index (χ0) is 26.1. The van der Waals surface area contributed by atoms with Gasteiger partial charge in [0.05, 0.1) is 17.5 Å². The number of nitrogens with one attached hydrogen (secondary N) is 3. The molecule has 2 aliphatic rings. The maximum Gasteiger partial charge on any atom is 0.255 e. The summed E-state index contributed by atoms with van der Waals surface area (Å²) < 4.78 is 5.84. The molecule has 2 heterocycles. The first-order chi connectivity index (χ1) is 18.0. The third kappa shape index (κ3) is 6.77. The van der Waals surface area contributed by atoms with Crippen LogP contribution < -0.4 is 20.7 Å². The molecule has 0 radical (unpaired) electrons. The number of hydrogen-bond donors (Lipinski definition) is 3. The van der Waals surface area contributed by atoms with Gasteiger partial charge in [0.15, 0.2) is 0 Å². The van der Waals surface area contributed by atoms with Crippen LogP contribution in [0.25, 0.3) is 0 Å². The van der Waals surface area contributed by atoms with Crippen LogP contribution in [0.4, 0.5) is 5.69 Å². The summed E-state index contributed by atoms with van der Waals surface area (Å²) in [7, 11) is 0. The van der Waals surface area contributed by atoms with E-state index in [1.165, 1.54) is 0 Å². The molecule has 3 amide bonds. The Labute approximate surface area is 218 Å². The average Bonchev–Trinajstić information content (AvgIpc) is 2.91. The van der Waals surface area contributed by atoms with Gasteiger partial charge in [-0.15, -0.1) is 0 Å². The first-order valence-electron chi connectivity index (χ1n) is 13.0. The monoisotopic (exact) mass is 504 g/mol. The van der Waals surface area contributed by atoms with Crippen LogP contribution in [0.1, 0.15) is 42.1 Å². The topological polar surface area (TPSA) is 99.8 Å². The molecule has 4 rings (SSSR count). The SMILES string of the molecule is CCc1ccccc1NC(=O)CN1CCCC2(C/C=C\COc3ccccc3C(=O)NCCNC2=O)C1. The number of nitrogens with zero attached hydrogens (tertiary/aromatic N) is 1. The van der Waals surface area contributed by atoms with Crippen molar-refractivity contribution >= 4 is 23.4 Å². The van der Waals surface area contributed by atoms with Gasteiger partial charge in [-0.1, -0.05) is 49.4 Å². The molecule has 0 bridgehead atoms. The van der Waals surface area contributed by atoms with Gasteiger partial charge in [0.1, 0.15) is 12.4 Å². The lowest BCUT2D eigenvalue weighted by atomic mass is 9.76. The van der Waals surface area contributed by atoms with Crippen molar-refractivity contribution in [2.45, 2.75) is 32.6 Å². The number of amides is 3. The predicted octanol–water partition coefficient (Wildman–Crippen LogP) is 3.15. The second-order valence-corrected chi connectivity index (χ2v) is 9.65. The second-order valence-electron chi connectivity index (χ2n) is 9.65. The second kappa shape index (κ2) is 12.5. The minimum Gasteiger partial charge on any atom is -0.489 e. The Hall–Kier alpha value is -3.65. The lowest BCUT2D eigenvalue weighted by Crippen LogP contribution is -2.53. The summed E-state index contributed by atoms with van der Waals surface area (Å²) >= 11 is 0. The van der Waals surface area contributed by atoms with Crippen LogP contribution in [0.2, 0.25) is 0 Å². The molecule has 0 saturated carbocycles. The number of aryl methyl sites for hydroxylation is 1. The average molecular weight is 505 g/mol. The van der Waals surface area contributed by atoms with Crippen molar-refractivity contribution in [1.29, 1.82) is 0 Å². The highest BCUT2D eigenvalue weighted by molar-refractivity contribution is 5.97. The molecule has 1 saturated heterocycles. The molecule has 1 spiro atoms. The molecule has 1 fully saturated rings. The van der Waals surface area contributed by atoms with Crippen molar-refractivity contribution < 1.29 is 19.1 Å². The van der Waals surface area contributed by atoms with Gasteiger partial charge in [-0.05, 0) is 56.0 Å². The molecular weight excluding hydrogens is 468 g/mol. The maximum atomic E-state index is 13.4. The number of likely N-dealkylation sites (tertiary alicyclic amines) is 1. The van der Waals surface area contributed by atoms with E-state index in [-0.39, 0.29) is 24.3 Å². The fraction of sp³-hybridized carbons (Fsp3) is 0.414. The number of allylic oxidation sites excluding steroid dienone is 1. The van der Waals surface area contributed by atoms with Gasteiger partial charge < -0.3 is 20.7 Å². The largest absolute Gasteiger partial charge is 0.489 e. The highest BCUT2D eigenvalue weighted by Gasteiger charge is 2.41. The number of benzene rings is 2. The number of carbonyl (C=O) groups excluding carboxylic acids is 3. The summed E-state index contributed by atoms with van der Waals surface area (Å²) in [6, 6.07) is 15.0. The number of carbonyl (C=O) groups is 3. The van der Waals surface area contributed by atoms with Gasteiger partial charge in [0.2, 0.25) is 11.8 Å². The fourth-order valence-corrected chi connectivity index (χ4v) is 5.08. The third-order valence-electron chi connectivity index (χ3n) is 7.02. The van der Waals surface area contributed by atoms with Crippen LogP contribution >= 0.6 is 0 Å². The number of rotatable bonds is 4. The van der Waals surface area contributed by atoms with E-state index >= 15 is 0 Å². The summed E-state index contributed by atoms with van der Waals surface area (Å²) in [5, 5.41) is 8.92. The van der Waals surface area contributed by atoms with E-state index in [0.717, 1.165) is 37.1 Å². The highest BCUT2D eigenvalue weighted by Crippen LogP contribution is 2.34. The van der Waals surface area contributed by atoms with E-state index in [4.69, 9.17) is 4.74 Å². The maximum absolute atomic E-state index is 13.4. The van der Waals surface area contributed by atoms with Crippen molar-refractivity contribution in [3.63, 3.8) is 0 Å². The predicted molar refractivity (Wildman–Crippen MR) is 144 cm³/mol. The van der Waals surface area contributed by atoms with Gasteiger partial charge in [0.25, 0.3) is 5.91 Å². The highest BCUT2D eigenvalue weighted by atomic mass is 16.5. The zero-order valence-electron chi connectivity index (χ0n) is 21.4. The molecule has 8 nitrogen and oxygen atoms in total. The Morgan fingerprint density at radius 2 is 1.84 bits per heavy atom. The molecule has 0 aliphatic carbocycles. The number of fused-ring (bicyclic) bond motifs is 1. The van der Waals surface area contributed by atoms with Crippen LogP contribution in [0.15, 0.2) is 60.7 Å². The number of piperidine rings is 1. The van der Waals surface area contributed by atoms with Gasteiger partial charge in [0, 0.05) is 25.3 Å². The summed E-state index contributed by atoms with van der Waals surface area (Å²) in [6.45, 7) is 4.48. The Bertz CT molecular complexity index is 1150. The summed E-state index contributed by atoms with van der Waals surface area (Å²) in [4.78, 5) is 41.0. The van der Waals surface area contributed by atoms with Crippen molar-refractivity contribution in [2.75, 3.05) is 44.6 Å². The Morgan fingerprint density at radius 3 is 2.70 bits per heavy atom. The van der Waals surface area contributed by atoms with Gasteiger partial charge in [-0.3, -0.25) is 19.3 Å². The number of hydrogen-bond acceptors (Lipinski definition) is 5. The molecule has 2 aliphatic heterocycles. The lowest BCUT2D eigenvalue weighted by Gasteiger charge is -2.41. The summed E-state index contributed by atoms with van der Waals surface area (Å²) in [6.07, 6.45) is 6.81. The molecule has 0 aromatic heterocycles. The van der Waals surface area contributed by atoms with E-state index in [2.05, 4.69) is 27.8 Å². The van der Waals surface area contributed by atoms with E-state index in [9.17, 15) is 14.4 Å². The Morgan fingerprint density at radius 1 is 1.05 bits per heavy atom. The number of anilines is 1. The molecule has 1 unspecified atom stereocenters. The molecule has 2 aromatic rings. The Kier molecular flexibility index (Phi) is 8.95. The van der Waals surface area contributed by atoms with E-state index in [0.29, 0.717) is 44.0 Å². The molecule has 8 heteroatoms. The first-order valence-corrected chi connectivity index (χ1v) is 13.0. The zero-order valence-corrected chi connectivity index (χ0v) is 21.4. The Balaban J connectivity index is 1.44. The quantitative estimate of drug-likeness (QED) is 0.556. The van der Waals surface area contributed by atoms with Crippen LogP contribution in [-0.2, 0) is 16.0 Å². The normalized spacial score (nSPS) is 22.1. The van der Waals surface area contributed by atoms with E-state index < -0.39 is 5.41 Å². The van der Waals surface area contributed by atoms with Crippen LogP contribution in [0.5, 0.6) is 5.75 Å². The van der Waals surface area contributed by atoms with Crippen molar-refractivity contribution in [2.24, 2.45) is 5.41 Å². The van der Waals surface area contributed by atoms with Crippen LogP contribution in [0.3, 0.4) is 0 Å². The lowest BCUT2D eigenvalue weighted by molar-refractivity contribution is -0.135. The smallest absolute Gasteiger partial charge is 0.255 e. The molecule has 1 atom stereocenters. The molecular formula is C29H36N4O4. The molecule has 37 heavy (non-hydrogen) atoms. The van der Waals surface area contributed by atoms with Gasteiger partial charge in [-0.2, -0.15) is 0 Å². The summed E-state index contributed by atoms with van der Waals surface area (Å²) in [5.41, 5.74) is 1.75. The third-order valence-corrected chi connectivity index (χ3v) is 7.02. The van der Waals surface area contributed by atoms with Crippen molar-refractivity contribution in [3.05, 3.63) is 71.8 Å². The van der Waals surface area contributed by atoms with Crippen LogP contribution in [0, 0.1) is 5.41 Å². The minimum atomic E-state index is -0.650. The van der Waals surface area contributed by atoms with Gasteiger partial charge >= 0.3 is 0 Å². The van der Waals surface area contributed by atoms with Crippen molar-refractivity contribution in [3.8, 4) is 5.75 Å². The standard InChI is InChI=1S/C29H36N4O4/c1-2-22-10-3-5-12-24(22)32-26(34)20-33-18-9-15-29(21-33)14-7-8-19-37-25-13-6-4-11-23(25)27(35)30-16-17-31-28(29)36/h3-8,10-13H,2,9,14-21H2,1H3,(H,30,35)(H,31,36)(H,32,34)/b8-7-. The fourth-order valence-electron chi connectivity index (χ4n) is 5.08. The molecule has 3 N–H and O–H groups in total. The number of para-hydroxylation sites is 2. The minimum absolute atomic E-state index is 0.0498.